The van der Waals surface area contributed by atoms with E-state index in [1.807, 2.05) is 27.8 Å². The number of rotatable bonds is 6. The summed E-state index contributed by atoms with van der Waals surface area (Å²) in [7, 11) is 1.89. The Balaban J connectivity index is 2.46. The third kappa shape index (κ3) is 4.44. The molecule has 1 amide bonds. The van der Waals surface area contributed by atoms with Gasteiger partial charge in [-0.15, -0.1) is 11.3 Å². The molecular weight excluding hydrogens is 234 g/mol. The van der Waals surface area contributed by atoms with E-state index in [-0.39, 0.29) is 11.9 Å². The maximum absolute atomic E-state index is 11.7. The average Bonchev–Trinajstić information content (AvgIpc) is 2.58. The van der Waals surface area contributed by atoms with E-state index in [0.29, 0.717) is 6.42 Å². The van der Waals surface area contributed by atoms with E-state index < -0.39 is 0 Å². The number of carbonyl (C=O) groups is 1. The van der Waals surface area contributed by atoms with Crippen LogP contribution in [0.3, 0.4) is 0 Å². The third-order valence-corrected chi connectivity index (χ3v) is 3.80. The monoisotopic (exact) mass is 255 g/mol. The summed E-state index contributed by atoms with van der Waals surface area (Å²) in [5, 5.41) is 7.10. The van der Waals surface area contributed by atoms with Crippen LogP contribution in [0.25, 0.3) is 0 Å². The summed E-state index contributed by atoms with van der Waals surface area (Å²) in [6.45, 7) is 6.86. The van der Waals surface area contributed by atoms with Crippen LogP contribution in [0, 0.1) is 13.8 Å². The highest BCUT2D eigenvalue weighted by Gasteiger charge is 2.14. The van der Waals surface area contributed by atoms with Gasteiger partial charge >= 0.3 is 0 Å². The minimum Gasteiger partial charge on any atom is -0.349 e. The third-order valence-electron chi connectivity index (χ3n) is 2.54. The first kappa shape index (κ1) is 14.1. The van der Waals surface area contributed by atoms with Gasteiger partial charge in [-0.05, 0) is 40.8 Å². The number of nitrogens with one attached hydrogen (secondary N) is 2. The van der Waals surface area contributed by atoms with Gasteiger partial charge in [-0.1, -0.05) is 0 Å². The minimum absolute atomic E-state index is 0.0586. The van der Waals surface area contributed by atoms with Crippen LogP contribution in [0.1, 0.15) is 41.4 Å². The topological polar surface area (TPSA) is 54.0 Å². The van der Waals surface area contributed by atoms with E-state index >= 15 is 0 Å². The van der Waals surface area contributed by atoms with Crippen molar-refractivity contribution in [1.82, 2.24) is 15.6 Å². The summed E-state index contributed by atoms with van der Waals surface area (Å²) >= 11 is 1.65. The molecule has 0 aliphatic carbocycles. The van der Waals surface area contributed by atoms with Crippen molar-refractivity contribution < 1.29 is 4.79 Å². The van der Waals surface area contributed by atoms with E-state index in [2.05, 4.69) is 15.6 Å². The summed E-state index contributed by atoms with van der Waals surface area (Å²) in [5.41, 5.74) is 1.02. The number of nitrogens with zero attached hydrogens (tertiary/aromatic N) is 1. The molecule has 0 saturated heterocycles. The van der Waals surface area contributed by atoms with E-state index in [9.17, 15) is 4.79 Å². The first-order valence-electron chi connectivity index (χ1n) is 5.92. The Morgan fingerprint density at radius 1 is 1.47 bits per heavy atom. The van der Waals surface area contributed by atoms with Gasteiger partial charge in [0.15, 0.2) is 0 Å². The van der Waals surface area contributed by atoms with Crippen LogP contribution in [-0.4, -0.2) is 24.5 Å². The molecule has 1 heterocycles. The summed E-state index contributed by atoms with van der Waals surface area (Å²) in [6.07, 6.45) is 1.44. The second kappa shape index (κ2) is 6.71. The fourth-order valence-electron chi connectivity index (χ4n) is 1.75. The van der Waals surface area contributed by atoms with Gasteiger partial charge in [0.2, 0.25) is 5.91 Å². The summed E-state index contributed by atoms with van der Waals surface area (Å²) < 4.78 is 0. The normalized spacial score (nSPS) is 12.5. The highest BCUT2D eigenvalue weighted by molar-refractivity contribution is 7.11. The van der Waals surface area contributed by atoms with Gasteiger partial charge in [0, 0.05) is 11.3 Å². The molecule has 0 aromatic carbocycles. The second-order valence-corrected chi connectivity index (χ2v) is 5.41. The van der Waals surface area contributed by atoms with Gasteiger partial charge in [0.25, 0.3) is 0 Å². The molecule has 0 radical (unpaired) electrons. The first-order chi connectivity index (χ1) is 8.04. The van der Waals surface area contributed by atoms with E-state index in [1.54, 1.807) is 11.3 Å². The Morgan fingerprint density at radius 3 is 2.71 bits per heavy atom. The molecular formula is C12H21N3OS. The Morgan fingerprint density at radius 2 is 2.18 bits per heavy atom. The molecule has 0 spiro atoms. The maximum Gasteiger partial charge on any atom is 0.220 e. The van der Waals surface area contributed by atoms with Crippen LogP contribution < -0.4 is 10.6 Å². The van der Waals surface area contributed by atoms with Crippen LogP contribution in [0.2, 0.25) is 0 Å². The Labute approximate surface area is 107 Å². The SMILES string of the molecule is CNCCCC(=O)NC(C)c1sc(C)nc1C. The molecule has 17 heavy (non-hydrogen) atoms. The fourth-order valence-corrected chi connectivity index (χ4v) is 2.68. The molecule has 96 valence electrons. The number of aryl methyl sites for hydroxylation is 2. The van der Waals surface area contributed by atoms with Crippen molar-refractivity contribution in [3.8, 4) is 0 Å². The predicted octanol–water partition coefficient (Wildman–Crippen LogP) is 1.94. The van der Waals surface area contributed by atoms with Gasteiger partial charge in [-0.2, -0.15) is 0 Å². The van der Waals surface area contributed by atoms with Crippen LogP contribution in [0.15, 0.2) is 0 Å². The van der Waals surface area contributed by atoms with Crippen LogP contribution in [0.4, 0.5) is 0 Å². The standard InChI is InChI=1S/C12H21N3OS/c1-8-12(17-10(3)14-8)9(2)15-11(16)6-5-7-13-4/h9,13H,5-7H2,1-4H3,(H,15,16). The number of thiazole rings is 1. The van der Waals surface area contributed by atoms with Crippen LogP contribution in [-0.2, 0) is 4.79 Å². The van der Waals surface area contributed by atoms with Gasteiger partial charge in [0.05, 0.1) is 16.7 Å². The molecule has 1 unspecified atom stereocenters. The zero-order valence-electron chi connectivity index (χ0n) is 11.0. The summed E-state index contributed by atoms with van der Waals surface area (Å²) in [5.74, 6) is 0.109. The molecule has 1 rings (SSSR count). The number of amides is 1. The Bertz CT molecular complexity index is 376. The smallest absolute Gasteiger partial charge is 0.220 e. The molecule has 1 atom stereocenters. The molecule has 2 N–H and O–H groups in total. The van der Waals surface area contributed by atoms with Gasteiger partial charge in [-0.25, -0.2) is 4.98 Å². The van der Waals surface area contributed by atoms with Crippen molar-refractivity contribution in [2.45, 2.75) is 39.7 Å². The van der Waals surface area contributed by atoms with E-state index in [1.165, 1.54) is 0 Å². The van der Waals surface area contributed by atoms with Crippen molar-refractivity contribution >= 4 is 17.2 Å². The van der Waals surface area contributed by atoms with Crippen molar-refractivity contribution in [2.24, 2.45) is 0 Å². The lowest BCUT2D eigenvalue weighted by Crippen LogP contribution is -2.27. The minimum atomic E-state index is 0.0586. The van der Waals surface area contributed by atoms with Crippen LogP contribution in [0.5, 0.6) is 0 Å². The second-order valence-electron chi connectivity index (χ2n) is 4.18. The first-order valence-corrected chi connectivity index (χ1v) is 6.74. The quantitative estimate of drug-likeness (QED) is 0.764. The predicted molar refractivity (Wildman–Crippen MR) is 71.3 cm³/mol. The van der Waals surface area contributed by atoms with Gasteiger partial charge in [0.1, 0.15) is 0 Å². The van der Waals surface area contributed by atoms with E-state index in [4.69, 9.17) is 0 Å². The fraction of sp³-hybridized carbons (Fsp3) is 0.667. The molecule has 0 saturated carbocycles. The van der Waals surface area contributed by atoms with Gasteiger partial charge in [-0.3, -0.25) is 4.79 Å². The number of carbonyl (C=O) groups excluding carboxylic acids is 1. The molecule has 0 aliphatic heterocycles. The maximum atomic E-state index is 11.7. The van der Waals surface area contributed by atoms with Crippen molar-refractivity contribution in [3.63, 3.8) is 0 Å². The van der Waals surface area contributed by atoms with E-state index in [0.717, 1.165) is 28.5 Å². The molecule has 1 aromatic rings. The zero-order valence-corrected chi connectivity index (χ0v) is 11.8. The lowest BCUT2D eigenvalue weighted by molar-refractivity contribution is -0.121. The number of hydrogen-bond acceptors (Lipinski definition) is 4. The molecule has 1 aromatic heterocycles. The highest BCUT2D eigenvalue weighted by Crippen LogP contribution is 2.24. The lowest BCUT2D eigenvalue weighted by atomic mass is 10.2. The molecule has 0 fully saturated rings. The number of hydrogen-bond donors (Lipinski definition) is 2. The largest absolute Gasteiger partial charge is 0.349 e. The average molecular weight is 255 g/mol. The van der Waals surface area contributed by atoms with Crippen molar-refractivity contribution in [2.75, 3.05) is 13.6 Å². The highest BCUT2D eigenvalue weighted by atomic mass is 32.1. The van der Waals surface area contributed by atoms with Gasteiger partial charge < -0.3 is 10.6 Å². The Kier molecular flexibility index (Phi) is 5.58. The Hall–Kier alpha value is -0.940. The molecule has 0 aliphatic rings. The summed E-state index contributed by atoms with van der Waals surface area (Å²) in [4.78, 5) is 17.2. The molecule has 4 nitrogen and oxygen atoms in total. The van der Waals surface area contributed by atoms with Crippen molar-refractivity contribution in [3.05, 3.63) is 15.6 Å². The number of aromatic nitrogens is 1. The zero-order chi connectivity index (χ0) is 12.8. The summed E-state index contributed by atoms with van der Waals surface area (Å²) in [6, 6.07) is 0.0586. The lowest BCUT2D eigenvalue weighted by Gasteiger charge is -2.12. The molecule has 0 bridgehead atoms. The van der Waals surface area contributed by atoms with Crippen molar-refractivity contribution in [1.29, 1.82) is 0 Å². The molecule has 5 heteroatoms. The van der Waals surface area contributed by atoms with Crippen LogP contribution >= 0.6 is 11.3 Å².